The average Bonchev–Trinajstić information content (AvgIpc) is 3.00. The van der Waals surface area contributed by atoms with E-state index < -0.39 is 24.0 Å². The predicted octanol–water partition coefficient (Wildman–Crippen LogP) is 2.96. The van der Waals surface area contributed by atoms with Crippen LogP contribution < -0.4 is 16.5 Å². The van der Waals surface area contributed by atoms with Gasteiger partial charge in [-0.1, -0.05) is 74.5 Å². The molecule has 0 saturated heterocycles. The Labute approximate surface area is 259 Å². The highest BCUT2D eigenvalue weighted by atomic mass is 16.3. The van der Waals surface area contributed by atoms with E-state index in [-0.39, 0.29) is 41.5 Å². The molecule has 0 aliphatic heterocycles. The molecule has 3 aromatic carbocycles. The largest absolute Gasteiger partial charge is 0.390 e. The minimum atomic E-state index is -1.09. The monoisotopic (exact) mass is 601 g/mol. The lowest BCUT2D eigenvalue weighted by Crippen LogP contribution is -2.52. The Hall–Kier alpha value is -4.54. The molecule has 2 atom stereocenters. The Kier molecular flexibility index (Phi) is 13.1. The van der Waals surface area contributed by atoms with Crippen LogP contribution in [0.2, 0.25) is 0 Å². The van der Waals surface area contributed by atoms with Gasteiger partial charge in [-0.3, -0.25) is 24.6 Å². The van der Waals surface area contributed by atoms with Gasteiger partial charge in [0.05, 0.1) is 18.6 Å². The number of benzene rings is 3. The van der Waals surface area contributed by atoms with Gasteiger partial charge in [-0.2, -0.15) is 0 Å². The maximum atomic E-state index is 13.6. The number of hydrogen-bond acceptors (Lipinski definition) is 6. The van der Waals surface area contributed by atoms with Crippen LogP contribution in [0, 0.1) is 0 Å². The van der Waals surface area contributed by atoms with Gasteiger partial charge in [0, 0.05) is 43.4 Å². The van der Waals surface area contributed by atoms with Gasteiger partial charge >= 0.3 is 0 Å². The van der Waals surface area contributed by atoms with E-state index in [1.165, 1.54) is 23.2 Å². The highest BCUT2D eigenvalue weighted by Gasteiger charge is 2.26. The molecule has 0 aliphatic carbocycles. The minimum Gasteiger partial charge on any atom is -0.390 e. The van der Waals surface area contributed by atoms with Crippen molar-refractivity contribution >= 4 is 23.6 Å². The highest BCUT2D eigenvalue weighted by molar-refractivity contribution is 6.04. The normalized spacial score (nSPS) is 12.3. The zero-order valence-electron chi connectivity index (χ0n) is 25.7. The van der Waals surface area contributed by atoms with Gasteiger partial charge in [-0.15, -0.1) is 0 Å². The second-order valence-corrected chi connectivity index (χ2v) is 10.9. The Bertz CT molecular complexity index is 1390. The van der Waals surface area contributed by atoms with Crippen LogP contribution in [0.15, 0.2) is 78.9 Å². The third-order valence-electron chi connectivity index (χ3n) is 7.06. The van der Waals surface area contributed by atoms with Gasteiger partial charge in [0.15, 0.2) is 0 Å². The summed E-state index contributed by atoms with van der Waals surface area (Å²) in [7, 11) is 1.64. The van der Waals surface area contributed by atoms with Crippen LogP contribution in [0.5, 0.6) is 0 Å². The number of amides is 4. The van der Waals surface area contributed by atoms with Crippen molar-refractivity contribution in [1.29, 1.82) is 0 Å². The van der Waals surface area contributed by atoms with E-state index in [0.717, 1.165) is 24.0 Å². The number of nitrogens with one attached hydrogen (secondary N) is 2. The second-order valence-electron chi connectivity index (χ2n) is 10.9. The summed E-state index contributed by atoms with van der Waals surface area (Å²) >= 11 is 0. The Balaban J connectivity index is 1.81. The van der Waals surface area contributed by atoms with Crippen LogP contribution in [0.3, 0.4) is 0 Å². The molecule has 234 valence electrons. The Morgan fingerprint density at radius 2 is 1.36 bits per heavy atom. The first-order valence-electron chi connectivity index (χ1n) is 14.9. The molecule has 0 radical (unpaired) electrons. The number of aliphatic hydroxyl groups is 1. The molecule has 10 nitrogen and oxygen atoms in total. The van der Waals surface area contributed by atoms with Crippen molar-refractivity contribution in [1.82, 2.24) is 20.7 Å². The Morgan fingerprint density at radius 3 is 1.93 bits per heavy atom. The van der Waals surface area contributed by atoms with Crippen molar-refractivity contribution in [3.63, 3.8) is 0 Å². The fourth-order valence-electron chi connectivity index (χ4n) is 4.95. The summed E-state index contributed by atoms with van der Waals surface area (Å²) in [6.45, 7) is 5.04. The van der Waals surface area contributed by atoms with Crippen molar-refractivity contribution in [3.8, 4) is 0 Å². The number of carbonyl (C=O) groups is 4. The first-order valence-corrected chi connectivity index (χ1v) is 14.9. The van der Waals surface area contributed by atoms with E-state index in [9.17, 15) is 24.3 Å². The van der Waals surface area contributed by atoms with Crippen LogP contribution >= 0.6 is 0 Å². The molecule has 0 bridgehead atoms. The summed E-state index contributed by atoms with van der Waals surface area (Å²) < 4.78 is 0. The first-order chi connectivity index (χ1) is 21.1. The van der Waals surface area contributed by atoms with E-state index in [1.807, 2.05) is 74.5 Å². The van der Waals surface area contributed by atoms with E-state index in [2.05, 4.69) is 10.7 Å². The highest BCUT2D eigenvalue weighted by Crippen LogP contribution is 2.16. The summed E-state index contributed by atoms with van der Waals surface area (Å²) in [4.78, 5) is 53.3. The summed E-state index contributed by atoms with van der Waals surface area (Å²) in [5.74, 6) is -1.87. The van der Waals surface area contributed by atoms with E-state index in [0.29, 0.717) is 19.5 Å². The number of rotatable bonds is 16. The SMILES string of the molecule is CCCN(CCC)C(=O)c1cc(C(N)=O)cc(C(=O)NC(Cc2ccccc2)C(O)CN(C)NC(=O)Cc2ccccc2)c1. The lowest BCUT2D eigenvalue weighted by atomic mass is 9.99. The molecule has 0 spiro atoms. The van der Waals surface area contributed by atoms with Crippen molar-refractivity contribution < 1.29 is 24.3 Å². The smallest absolute Gasteiger partial charge is 0.253 e. The summed E-state index contributed by atoms with van der Waals surface area (Å²) in [6.07, 6.45) is 0.897. The predicted molar refractivity (Wildman–Crippen MR) is 170 cm³/mol. The van der Waals surface area contributed by atoms with Crippen LogP contribution in [-0.2, 0) is 17.6 Å². The number of nitrogens with zero attached hydrogens (tertiary/aromatic N) is 2. The minimum absolute atomic E-state index is 0.0202. The van der Waals surface area contributed by atoms with Crippen molar-refractivity contribution in [2.24, 2.45) is 5.73 Å². The second kappa shape index (κ2) is 16.9. The number of primary amides is 1. The molecule has 0 aliphatic rings. The quantitative estimate of drug-likeness (QED) is 0.186. The van der Waals surface area contributed by atoms with Crippen LogP contribution in [0.1, 0.15) is 68.9 Å². The molecule has 0 aromatic heterocycles. The molecule has 4 amide bonds. The van der Waals surface area contributed by atoms with Crippen molar-refractivity contribution in [2.45, 2.75) is 51.7 Å². The molecule has 44 heavy (non-hydrogen) atoms. The molecule has 5 N–H and O–H groups in total. The topological polar surface area (TPSA) is 145 Å². The number of nitrogens with two attached hydrogens (primary N) is 1. The fourth-order valence-corrected chi connectivity index (χ4v) is 4.95. The molecular formula is C34H43N5O5. The number of likely N-dealkylation sites (N-methyl/N-ethyl adjacent to an activating group) is 1. The van der Waals surface area contributed by atoms with Crippen molar-refractivity contribution in [2.75, 3.05) is 26.7 Å². The van der Waals surface area contributed by atoms with Crippen LogP contribution in [-0.4, -0.2) is 77.5 Å². The summed E-state index contributed by atoms with van der Waals surface area (Å²) in [5, 5.41) is 15.6. The van der Waals surface area contributed by atoms with Gasteiger partial charge < -0.3 is 21.1 Å². The van der Waals surface area contributed by atoms with Gasteiger partial charge in [0.2, 0.25) is 11.8 Å². The van der Waals surface area contributed by atoms with E-state index in [4.69, 9.17) is 5.73 Å². The van der Waals surface area contributed by atoms with Crippen LogP contribution in [0.25, 0.3) is 0 Å². The van der Waals surface area contributed by atoms with Gasteiger partial charge in [-0.25, -0.2) is 5.01 Å². The molecule has 0 fully saturated rings. The maximum absolute atomic E-state index is 13.6. The lowest BCUT2D eigenvalue weighted by Gasteiger charge is -2.28. The van der Waals surface area contributed by atoms with E-state index >= 15 is 0 Å². The number of carbonyl (C=O) groups excluding carboxylic acids is 4. The molecule has 3 rings (SSSR count). The molecule has 0 heterocycles. The number of hydrazine groups is 1. The Morgan fingerprint density at radius 1 is 0.818 bits per heavy atom. The number of hydrogen-bond donors (Lipinski definition) is 4. The van der Waals surface area contributed by atoms with E-state index in [1.54, 1.807) is 11.9 Å². The standard InChI is InChI=1S/C34H43N5O5/c1-4-16-39(17-5-2)34(44)28-21-26(32(35)42)20-27(22-28)33(43)36-29(18-24-12-8-6-9-13-24)30(40)23-38(3)37-31(41)19-25-14-10-7-11-15-25/h6-15,20-22,29-30,40H,4-5,16-19,23H2,1-3H3,(H2,35,42)(H,36,43)(H,37,41). The number of aliphatic hydroxyl groups excluding tert-OH is 1. The van der Waals surface area contributed by atoms with Gasteiger partial charge in [0.25, 0.3) is 11.8 Å². The molecule has 2 unspecified atom stereocenters. The maximum Gasteiger partial charge on any atom is 0.253 e. The fraction of sp³-hybridized carbons (Fsp3) is 0.353. The first kappa shape index (κ1) is 34.0. The zero-order chi connectivity index (χ0) is 32.1. The molecule has 10 heteroatoms. The van der Waals surface area contributed by atoms with Gasteiger partial charge in [0.1, 0.15) is 0 Å². The van der Waals surface area contributed by atoms with Crippen LogP contribution in [0.4, 0.5) is 0 Å². The molecular weight excluding hydrogens is 558 g/mol. The lowest BCUT2D eigenvalue weighted by molar-refractivity contribution is -0.125. The third kappa shape index (κ3) is 10.3. The van der Waals surface area contributed by atoms with Crippen molar-refractivity contribution in [3.05, 3.63) is 107 Å². The zero-order valence-corrected chi connectivity index (χ0v) is 25.7. The van der Waals surface area contributed by atoms with Gasteiger partial charge in [-0.05, 0) is 48.6 Å². The summed E-state index contributed by atoms with van der Waals surface area (Å²) in [6, 6.07) is 22.1. The summed E-state index contributed by atoms with van der Waals surface area (Å²) in [5.41, 5.74) is 10.4. The third-order valence-corrected chi connectivity index (χ3v) is 7.06. The average molecular weight is 602 g/mol. The molecule has 0 saturated carbocycles. The molecule has 3 aromatic rings.